The lowest BCUT2D eigenvalue weighted by atomic mass is 10.0. The third kappa shape index (κ3) is 3.58. The average molecular weight is 302 g/mol. The first-order chi connectivity index (χ1) is 10.7. The van der Waals surface area contributed by atoms with Crippen LogP contribution in [0.3, 0.4) is 0 Å². The van der Waals surface area contributed by atoms with E-state index in [-0.39, 0.29) is 18.1 Å². The molecular weight excluding hydrogens is 290 g/mol. The molecule has 2 aromatic carbocycles. The molecule has 0 unspecified atom stereocenters. The van der Waals surface area contributed by atoms with Gasteiger partial charge in [-0.15, -0.1) is 0 Å². The van der Waals surface area contributed by atoms with Crippen LogP contribution in [0.4, 0.5) is 8.78 Å². The van der Waals surface area contributed by atoms with Gasteiger partial charge in [-0.1, -0.05) is 29.4 Å². The van der Waals surface area contributed by atoms with Gasteiger partial charge >= 0.3 is 0 Å². The molecule has 0 heterocycles. The van der Waals surface area contributed by atoms with E-state index in [0.717, 1.165) is 12.1 Å². The molecule has 0 saturated heterocycles. The fourth-order valence-corrected chi connectivity index (χ4v) is 1.85. The Morgan fingerprint density at radius 3 is 2.68 bits per heavy atom. The van der Waals surface area contributed by atoms with Crippen LogP contribution in [0.5, 0.6) is 5.75 Å². The number of oxime groups is 1. The van der Waals surface area contributed by atoms with Crippen molar-refractivity contribution in [1.82, 2.24) is 0 Å². The van der Waals surface area contributed by atoms with Gasteiger partial charge in [0.25, 0.3) is 0 Å². The Hall–Kier alpha value is -2.94. The van der Waals surface area contributed by atoms with E-state index in [1.54, 1.807) is 24.3 Å². The highest BCUT2D eigenvalue weighted by Gasteiger charge is 2.11. The van der Waals surface area contributed by atoms with Gasteiger partial charge in [0.05, 0.1) is 0 Å². The van der Waals surface area contributed by atoms with Crippen molar-refractivity contribution in [3.05, 3.63) is 65.2 Å². The molecule has 0 amide bonds. The quantitative estimate of drug-likeness (QED) is 0.628. The molecule has 0 bridgehead atoms. The molecule has 0 atom stereocenters. The Morgan fingerprint density at radius 1 is 1.23 bits per heavy atom. The van der Waals surface area contributed by atoms with Gasteiger partial charge in [0.2, 0.25) is 0 Å². The van der Waals surface area contributed by atoms with Crippen molar-refractivity contribution in [2.75, 3.05) is 7.11 Å². The van der Waals surface area contributed by atoms with Crippen LogP contribution in [-0.4, -0.2) is 12.8 Å². The van der Waals surface area contributed by atoms with Crippen LogP contribution >= 0.6 is 0 Å². The lowest BCUT2D eigenvalue weighted by Crippen LogP contribution is -2.06. The van der Waals surface area contributed by atoms with Crippen LogP contribution in [0.25, 0.3) is 0 Å². The summed E-state index contributed by atoms with van der Waals surface area (Å²) in [6, 6.07) is 11.9. The second-order valence-corrected chi connectivity index (χ2v) is 4.25. The normalized spacial score (nSPS) is 10.9. The summed E-state index contributed by atoms with van der Waals surface area (Å²) in [5, 5.41) is 12.7. The molecule has 2 rings (SSSR count). The van der Waals surface area contributed by atoms with Crippen LogP contribution < -0.4 is 4.74 Å². The zero-order chi connectivity index (χ0) is 15.9. The summed E-state index contributed by atoms with van der Waals surface area (Å²) in [5.74, 6) is -1.54. The SMILES string of the molecule is CO/N=C(\C#N)c1ccccc1COc1ccc(F)cc1F. The lowest BCUT2D eigenvalue weighted by Gasteiger charge is -2.10. The summed E-state index contributed by atoms with van der Waals surface area (Å²) < 4.78 is 31.7. The Labute approximate surface area is 126 Å². The third-order valence-corrected chi connectivity index (χ3v) is 2.84. The van der Waals surface area contributed by atoms with Gasteiger partial charge < -0.3 is 9.57 Å². The van der Waals surface area contributed by atoms with Crippen molar-refractivity contribution in [2.24, 2.45) is 5.16 Å². The van der Waals surface area contributed by atoms with E-state index in [2.05, 4.69) is 9.99 Å². The van der Waals surface area contributed by atoms with Crippen LogP contribution in [0.1, 0.15) is 11.1 Å². The molecule has 6 heteroatoms. The summed E-state index contributed by atoms with van der Waals surface area (Å²) in [6.45, 7) is 0.00312. The van der Waals surface area contributed by atoms with Crippen LogP contribution in [0, 0.1) is 23.0 Å². The summed E-state index contributed by atoms with van der Waals surface area (Å²) in [5.41, 5.74) is 1.24. The van der Waals surface area contributed by atoms with E-state index in [1.165, 1.54) is 13.2 Å². The predicted octanol–water partition coefficient (Wildman–Crippen LogP) is 3.42. The first-order valence-electron chi connectivity index (χ1n) is 6.33. The van der Waals surface area contributed by atoms with E-state index in [0.29, 0.717) is 11.1 Å². The summed E-state index contributed by atoms with van der Waals surface area (Å²) in [7, 11) is 1.34. The van der Waals surface area contributed by atoms with Gasteiger partial charge in [0, 0.05) is 11.6 Å². The molecule has 0 radical (unpaired) electrons. The highest BCUT2D eigenvalue weighted by Crippen LogP contribution is 2.20. The highest BCUT2D eigenvalue weighted by atomic mass is 19.1. The minimum absolute atomic E-state index is 0.00312. The maximum atomic E-state index is 13.5. The zero-order valence-electron chi connectivity index (χ0n) is 11.7. The van der Waals surface area contributed by atoms with E-state index in [9.17, 15) is 8.78 Å². The molecule has 0 aromatic heterocycles. The number of ether oxygens (including phenoxy) is 1. The molecule has 0 aliphatic rings. The molecule has 0 aliphatic carbocycles. The maximum absolute atomic E-state index is 13.5. The number of nitriles is 1. The zero-order valence-corrected chi connectivity index (χ0v) is 11.7. The van der Waals surface area contributed by atoms with E-state index in [4.69, 9.17) is 10.00 Å². The van der Waals surface area contributed by atoms with Gasteiger partial charge in [-0.25, -0.2) is 8.78 Å². The average Bonchev–Trinajstić information content (AvgIpc) is 2.52. The first kappa shape index (κ1) is 15.4. The van der Waals surface area contributed by atoms with E-state index >= 15 is 0 Å². The van der Waals surface area contributed by atoms with Crippen LogP contribution in [0.2, 0.25) is 0 Å². The van der Waals surface area contributed by atoms with Crippen molar-refractivity contribution in [3.8, 4) is 11.8 Å². The molecule has 0 fully saturated rings. The van der Waals surface area contributed by atoms with Crippen LogP contribution in [0.15, 0.2) is 47.6 Å². The Kier molecular flexibility index (Phi) is 5.04. The second kappa shape index (κ2) is 7.18. The van der Waals surface area contributed by atoms with Gasteiger partial charge in [-0.05, 0) is 17.7 Å². The summed E-state index contributed by atoms with van der Waals surface area (Å²) in [4.78, 5) is 4.62. The largest absolute Gasteiger partial charge is 0.486 e. The van der Waals surface area contributed by atoms with Gasteiger partial charge in [-0.2, -0.15) is 5.26 Å². The Bertz CT molecular complexity index is 739. The van der Waals surface area contributed by atoms with Crippen molar-refractivity contribution in [1.29, 1.82) is 5.26 Å². The van der Waals surface area contributed by atoms with E-state index in [1.807, 2.05) is 6.07 Å². The molecule has 112 valence electrons. The second-order valence-electron chi connectivity index (χ2n) is 4.25. The van der Waals surface area contributed by atoms with E-state index < -0.39 is 11.6 Å². The molecule has 4 nitrogen and oxygen atoms in total. The standard InChI is InChI=1S/C16H12F2N2O2/c1-21-20-15(9-19)13-5-3-2-4-11(13)10-22-16-7-6-12(17)8-14(16)18/h2-8H,10H2,1H3/b20-15+. The van der Waals surface area contributed by atoms with Crippen molar-refractivity contribution < 1.29 is 18.4 Å². The Balaban J connectivity index is 2.24. The predicted molar refractivity (Wildman–Crippen MR) is 76.3 cm³/mol. The summed E-state index contributed by atoms with van der Waals surface area (Å²) in [6.07, 6.45) is 0. The number of benzene rings is 2. The highest BCUT2D eigenvalue weighted by molar-refractivity contribution is 6.12. The third-order valence-electron chi connectivity index (χ3n) is 2.84. The number of hydrogen-bond donors (Lipinski definition) is 0. The number of halogens is 2. The topological polar surface area (TPSA) is 54.6 Å². The molecule has 2 aromatic rings. The maximum Gasteiger partial charge on any atom is 0.187 e. The Morgan fingerprint density at radius 2 is 2.00 bits per heavy atom. The molecule has 0 aliphatic heterocycles. The lowest BCUT2D eigenvalue weighted by molar-refractivity contribution is 0.214. The van der Waals surface area contributed by atoms with Crippen molar-refractivity contribution >= 4 is 5.71 Å². The molecule has 0 saturated carbocycles. The molecule has 0 N–H and O–H groups in total. The smallest absolute Gasteiger partial charge is 0.187 e. The fourth-order valence-electron chi connectivity index (χ4n) is 1.85. The number of hydrogen-bond acceptors (Lipinski definition) is 4. The van der Waals surface area contributed by atoms with Gasteiger partial charge in [0.15, 0.2) is 17.3 Å². The van der Waals surface area contributed by atoms with Crippen molar-refractivity contribution in [2.45, 2.75) is 6.61 Å². The van der Waals surface area contributed by atoms with Gasteiger partial charge in [-0.3, -0.25) is 0 Å². The monoisotopic (exact) mass is 302 g/mol. The number of nitrogens with zero attached hydrogens (tertiary/aromatic N) is 2. The summed E-state index contributed by atoms with van der Waals surface area (Å²) >= 11 is 0. The van der Waals surface area contributed by atoms with Crippen molar-refractivity contribution in [3.63, 3.8) is 0 Å². The number of rotatable bonds is 5. The fraction of sp³-hybridized carbons (Fsp3) is 0.125. The van der Waals surface area contributed by atoms with Crippen LogP contribution in [-0.2, 0) is 11.4 Å². The molecular formula is C16H12F2N2O2. The first-order valence-corrected chi connectivity index (χ1v) is 6.33. The molecule has 0 spiro atoms. The van der Waals surface area contributed by atoms with Gasteiger partial charge in [0.1, 0.15) is 25.6 Å². The minimum Gasteiger partial charge on any atom is -0.486 e. The minimum atomic E-state index is -0.788. The molecule has 22 heavy (non-hydrogen) atoms.